The smallest absolute Gasteiger partial charge is 0.221 e. The van der Waals surface area contributed by atoms with E-state index in [4.69, 9.17) is 14.2 Å². The highest BCUT2D eigenvalue weighted by Crippen LogP contribution is 2.39. The maximum atomic E-state index is 12.1. The lowest BCUT2D eigenvalue weighted by atomic mass is 10.1. The molecule has 0 spiro atoms. The predicted molar refractivity (Wildman–Crippen MR) is 104 cm³/mol. The van der Waals surface area contributed by atoms with Crippen molar-refractivity contribution < 1.29 is 19.0 Å². The molecule has 2 rings (SSSR count). The maximum absolute atomic E-state index is 12.1. The number of hydrogen-bond donors (Lipinski definition) is 1. The Hall–Kier alpha value is -2.34. The number of aryl methyl sites for hydroxylation is 1. The lowest BCUT2D eigenvalue weighted by molar-refractivity contribution is -0.120. The number of carbonyl (C=O) groups is 1. The molecule has 140 valence electrons. The molecule has 0 atom stereocenters. The van der Waals surface area contributed by atoms with Gasteiger partial charge in [-0.25, -0.2) is 0 Å². The van der Waals surface area contributed by atoms with E-state index >= 15 is 0 Å². The van der Waals surface area contributed by atoms with Crippen molar-refractivity contribution in [2.75, 3.05) is 27.1 Å². The van der Waals surface area contributed by atoms with Gasteiger partial charge in [0.25, 0.3) is 0 Å². The van der Waals surface area contributed by atoms with Crippen LogP contribution in [0.4, 0.5) is 0 Å². The summed E-state index contributed by atoms with van der Waals surface area (Å²) in [6.07, 6.45) is 0.453. The topological polar surface area (TPSA) is 56.8 Å². The Morgan fingerprint density at radius 1 is 0.962 bits per heavy atom. The predicted octanol–water partition coefficient (Wildman–Crippen LogP) is 3.82. The van der Waals surface area contributed by atoms with Gasteiger partial charge in [-0.15, -0.1) is 11.8 Å². The van der Waals surface area contributed by atoms with Gasteiger partial charge >= 0.3 is 0 Å². The van der Waals surface area contributed by atoms with E-state index in [1.165, 1.54) is 10.5 Å². The van der Waals surface area contributed by atoms with Gasteiger partial charge in [-0.05, 0) is 31.2 Å². The van der Waals surface area contributed by atoms with Crippen LogP contribution in [-0.2, 0) is 11.3 Å². The van der Waals surface area contributed by atoms with Crippen LogP contribution >= 0.6 is 11.8 Å². The van der Waals surface area contributed by atoms with E-state index in [1.807, 2.05) is 6.07 Å². The standard InChI is InChI=1S/C20H25NO4S/c1-14-5-8-16(9-6-14)26-12-11-18(22)21-13-15-7-10-17(23-2)20(25-4)19(15)24-3/h5-10H,11-13H2,1-4H3,(H,21,22). The summed E-state index contributed by atoms with van der Waals surface area (Å²) in [5.74, 6) is 2.42. The monoisotopic (exact) mass is 375 g/mol. The van der Waals surface area contributed by atoms with Crippen molar-refractivity contribution >= 4 is 17.7 Å². The molecule has 0 saturated carbocycles. The third-order valence-electron chi connectivity index (χ3n) is 3.88. The van der Waals surface area contributed by atoms with E-state index in [1.54, 1.807) is 39.2 Å². The highest BCUT2D eigenvalue weighted by atomic mass is 32.2. The summed E-state index contributed by atoms with van der Waals surface area (Å²) in [7, 11) is 4.70. The van der Waals surface area contributed by atoms with Crippen molar-refractivity contribution in [2.45, 2.75) is 24.8 Å². The van der Waals surface area contributed by atoms with Gasteiger partial charge in [0.05, 0.1) is 21.3 Å². The number of hydrogen-bond acceptors (Lipinski definition) is 5. The maximum Gasteiger partial charge on any atom is 0.221 e. The highest BCUT2D eigenvalue weighted by Gasteiger charge is 2.16. The number of ether oxygens (including phenoxy) is 3. The number of nitrogens with one attached hydrogen (secondary N) is 1. The Bertz CT molecular complexity index is 731. The van der Waals surface area contributed by atoms with Crippen molar-refractivity contribution in [3.63, 3.8) is 0 Å². The quantitative estimate of drug-likeness (QED) is 0.675. The van der Waals surface area contributed by atoms with E-state index in [2.05, 4.69) is 36.5 Å². The molecule has 26 heavy (non-hydrogen) atoms. The third-order valence-corrected chi connectivity index (χ3v) is 4.89. The fourth-order valence-electron chi connectivity index (χ4n) is 2.48. The molecule has 0 aromatic heterocycles. The van der Waals surface area contributed by atoms with Gasteiger partial charge in [-0.1, -0.05) is 17.7 Å². The summed E-state index contributed by atoms with van der Waals surface area (Å²) in [6.45, 7) is 2.43. The van der Waals surface area contributed by atoms with Crippen LogP contribution in [0.5, 0.6) is 17.2 Å². The van der Waals surface area contributed by atoms with Crippen molar-refractivity contribution in [3.05, 3.63) is 47.5 Å². The normalized spacial score (nSPS) is 10.3. The molecule has 0 aliphatic heterocycles. The van der Waals surface area contributed by atoms with Crippen molar-refractivity contribution in [1.82, 2.24) is 5.32 Å². The third kappa shape index (κ3) is 5.33. The summed E-state index contributed by atoms with van der Waals surface area (Å²) < 4.78 is 16.1. The van der Waals surface area contributed by atoms with E-state index in [0.717, 1.165) is 11.3 Å². The van der Waals surface area contributed by atoms with Crippen LogP contribution in [0.15, 0.2) is 41.3 Å². The first kappa shape index (κ1) is 20.0. The molecule has 1 N–H and O–H groups in total. The van der Waals surface area contributed by atoms with Crippen LogP contribution in [0.3, 0.4) is 0 Å². The average molecular weight is 375 g/mol. The molecule has 1 amide bonds. The van der Waals surface area contributed by atoms with Gasteiger partial charge < -0.3 is 19.5 Å². The lowest BCUT2D eigenvalue weighted by Crippen LogP contribution is -2.23. The Morgan fingerprint density at radius 2 is 1.65 bits per heavy atom. The number of methoxy groups -OCH3 is 3. The number of benzene rings is 2. The number of thioether (sulfide) groups is 1. The largest absolute Gasteiger partial charge is 0.493 e. The van der Waals surface area contributed by atoms with E-state index in [9.17, 15) is 4.79 Å². The van der Waals surface area contributed by atoms with E-state index in [-0.39, 0.29) is 5.91 Å². The van der Waals surface area contributed by atoms with Crippen LogP contribution in [0.2, 0.25) is 0 Å². The SMILES string of the molecule is COc1ccc(CNC(=O)CCSc2ccc(C)cc2)c(OC)c1OC. The number of amides is 1. The average Bonchev–Trinajstić information content (AvgIpc) is 2.66. The Morgan fingerprint density at radius 3 is 2.27 bits per heavy atom. The molecule has 0 fully saturated rings. The second-order valence-electron chi connectivity index (χ2n) is 5.68. The van der Waals surface area contributed by atoms with E-state index < -0.39 is 0 Å². The van der Waals surface area contributed by atoms with Gasteiger partial charge in [0.1, 0.15) is 0 Å². The molecule has 0 bridgehead atoms. The van der Waals surface area contributed by atoms with Gasteiger partial charge in [-0.2, -0.15) is 0 Å². The zero-order chi connectivity index (χ0) is 18.9. The first-order valence-corrected chi connectivity index (χ1v) is 9.31. The van der Waals surface area contributed by atoms with Crippen molar-refractivity contribution in [2.24, 2.45) is 0 Å². The Labute approximate surface area is 159 Å². The zero-order valence-electron chi connectivity index (χ0n) is 15.6. The summed E-state index contributed by atoms with van der Waals surface area (Å²) in [6, 6.07) is 12.0. The molecule has 2 aromatic carbocycles. The summed E-state index contributed by atoms with van der Waals surface area (Å²) >= 11 is 1.68. The first-order chi connectivity index (χ1) is 12.6. The molecular weight excluding hydrogens is 350 g/mol. The van der Waals surface area contributed by atoms with Gasteiger partial charge in [-0.3, -0.25) is 4.79 Å². The molecule has 0 aliphatic carbocycles. The highest BCUT2D eigenvalue weighted by molar-refractivity contribution is 7.99. The molecule has 0 unspecified atom stereocenters. The van der Waals surface area contributed by atoms with Gasteiger partial charge in [0, 0.05) is 29.2 Å². The van der Waals surface area contributed by atoms with E-state index in [0.29, 0.717) is 30.2 Å². The molecule has 0 radical (unpaired) electrons. The van der Waals surface area contributed by atoms with Crippen LogP contribution in [-0.4, -0.2) is 33.0 Å². The fourth-order valence-corrected chi connectivity index (χ4v) is 3.33. The second kappa shape index (κ2) is 9.97. The molecule has 0 saturated heterocycles. The minimum Gasteiger partial charge on any atom is -0.493 e. The Balaban J connectivity index is 1.87. The van der Waals surface area contributed by atoms with Crippen LogP contribution in [0.25, 0.3) is 0 Å². The molecule has 5 nitrogen and oxygen atoms in total. The van der Waals surface area contributed by atoms with Gasteiger partial charge in [0.15, 0.2) is 11.5 Å². The minimum absolute atomic E-state index is 0.00134. The van der Waals surface area contributed by atoms with Crippen LogP contribution < -0.4 is 19.5 Å². The summed E-state index contributed by atoms with van der Waals surface area (Å²) in [5, 5.41) is 2.93. The lowest BCUT2D eigenvalue weighted by Gasteiger charge is -2.16. The molecule has 0 heterocycles. The second-order valence-corrected chi connectivity index (χ2v) is 6.85. The summed E-state index contributed by atoms with van der Waals surface area (Å²) in [5.41, 5.74) is 2.07. The fraction of sp³-hybridized carbons (Fsp3) is 0.350. The number of rotatable bonds is 9. The van der Waals surface area contributed by atoms with Crippen molar-refractivity contribution in [3.8, 4) is 17.2 Å². The van der Waals surface area contributed by atoms with Gasteiger partial charge in [0.2, 0.25) is 11.7 Å². The zero-order valence-corrected chi connectivity index (χ0v) is 16.4. The number of carbonyl (C=O) groups excluding carboxylic acids is 1. The first-order valence-electron chi connectivity index (χ1n) is 8.33. The molecule has 6 heteroatoms. The molecule has 2 aromatic rings. The van der Waals surface area contributed by atoms with Crippen molar-refractivity contribution in [1.29, 1.82) is 0 Å². The minimum atomic E-state index is 0.00134. The molecule has 0 aliphatic rings. The van der Waals surface area contributed by atoms with Crippen LogP contribution in [0.1, 0.15) is 17.5 Å². The Kier molecular flexibility index (Phi) is 7.66. The summed E-state index contributed by atoms with van der Waals surface area (Å²) in [4.78, 5) is 13.3. The molecular formula is C20H25NO4S. The van der Waals surface area contributed by atoms with Crippen LogP contribution in [0, 0.1) is 6.92 Å².